The third-order valence-corrected chi connectivity index (χ3v) is 4.80. The topological polar surface area (TPSA) is 56.1 Å². The van der Waals surface area contributed by atoms with Crippen molar-refractivity contribution in [2.75, 3.05) is 5.32 Å². The first-order valence-corrected chi connectivity index (χ1v) is 9.38. The van der Waals surface area contributed by atoms with Gasteiger partial charge < -0.3 is 14.6 Å². The van der Waals surface area contributed by atoms with Gasteiger partial charge in [0.1, 0.15) is 24.0 Å². The first kappa shape index (κ1) is 17.3. The lowest BCUT2D eigenvalue weighted by Gasteiger charge is -2.17. The highest BCUT2D eigenvalue weighted by Gasteiger charge is 2.16. The summed E-state index contributed by atoms with van der Waals surface area (Å²) in [5, 5.41) is 3.01. The van der Waals surface area contributed by atoms with Gasteiger partial charge in [-0.05, 0) is 24.5 Å². The smallest absolute Gasteiger partial charge is 0.230 e. The zero-order valence-electron chi connectivity index (χ0n) is 15.2. The van der Waals surface area contributed by atoms with Crippen molar-refractivity contribution in [3.05, 3.63) is 77.7 Å². The van der Waals surface area contributed by atoms with Crippen LogP contribution in [0.3, 0.4) is 0 Å². The van der Waals surface area contributed by atoms with Crippen molar-refractivity contribution < 1.29 is 9.53 Å². The van der Waals surface area contributed by atoms with E-state index in [2.05, 4.69) is 14.9 Å². The second kappa shape index (κ2) is 8.08. The van der Waals surface area contributed by atoms with Crippen molar-refractivity contribution in [3.8, 4) is 5.75 Å². The fraction of sp³-hybridized carbons (Fsp3) is 0.273. The van der Waals surface area contributed by atoms with Gasteiger partial charge in [-0.15, -0.1) is 0 Å². The molecule has 27 heavy (non-hydrogen) atoms. The first-order chi connectivity index (χ1) is 13.3. The molecular formula is C22H23N3O2. The fourth-order valence-corrected chi connectivity index (χ4v) is 3.40. The number of para-hydroxylation sites is 1. The number of aryl methyl sites for hydroxylation is 1. The second-order valence-electron chi connectivity index (χ2n) is 6.78. The third-order valence-electron chi connectivity index (χ3n) is 4.80. The van der Waals surface area contributed by atoms with Crippen LogP contribution in [0.4, 0.5) is 5.82 Å². The molecule has 0 spiro atoms. The number of carbonyl (C=O) groups excluding carboxylic acids is 1. The summed E-state index contributed by atoms with van der Waals surface area (Å²) in [6.07, 6.45) is 5.30. The number of imidazole rings is 1. The van der Waals surface area contributed by atoms with Gasteiger partial charge in [-0.3, -0.25) is 4.79 Å². The van der Waals surface area contributed by atoms with E-state index in [0.717, 1.165) is 54.3 Å². The number of aromatic nitrogens is 2. The van der Waals surface area contributed by atoms with Gasteiger partial charge in [-0.1, -0.05) is 48.5 Å². The van der Waals surface area contributed by atoms with Crippen molar-refractivity contribution >= 4 is 11.7 Å². The van der Waals surface area contributed by atoms with E-state index in [-0.39, 0.29) is 12.3 Å². The summed E-state index contributed by atoms with van der Waals surface area (Å²) >= 11 is 0. The van der Waals surface area contributed by atoms with E-state index in [1.54, 1.807) is 6.20 Å². The van der Waals surface area contributed by atoms with Crippen LogP contribution in [-0.4, -0.2) is 15.5 Å². The van der Waals surface area contributed by atoms with Crippen LogP contribution in [0, 0.1) is 0 Å². The zero-order chi connectivity index (χ0) is 18.5. The van der Waals surface area contributed by atoms with Crippen LogP contribution in [0.15, 0.2) is 60.8 Å². The predicted molar refractivity (Wildman–Crippen MR) is 105 cm³/mol. The van der Waals surface area contributed by atoms with Crippen LogP contribution in [0.5, 0.6) is 5.75 Å². The predicted octanol–water partition coefficient (Wildman–Crippen LogP) is 3.98. The Labute approximate surface area is 159 Å². The van der Waals surface area contributed by atoms with Crippen LogP contribution >= 0.6 is 0 Å². The van der Waals surface area contributed by atoms with Crippen molar-refractivity contribution in [3.63, 3.8) is 0 Å². The van der Waals surface area contributed by atoms with E-state index in [9.17, 15) is 4.79 Å². The van der Waals surface area contributed by atoms with E-state index < -0.39 is 0 Å². The molecule has 5 nitrogen and oxygen atoms in total. The number of rotatable bonds is 6. The van der Waals surface area contributed by atoms with E-state index >= 15 is 0 Å². The summed E-state index contributed by atoms with van der Waals surface area (Å²) in [5.41, 5.74) is 1.98. The van der Waals surface area contributed by atoms with Crippen molar-refractivity contribution in [2.45, 2.75) is 38.8 Å². The highest BCUT2D eigenvalue weighted by atomic mass is 16.5. The molecule has 1 aromatic heterocycles. The summed E-state index contributed by atoms with van der Waals surface area (Å²) in [6, 6.07) is 17.7. The third kappa shape index (κ3) is 4.19. The van der Waals surface area contributed by atoms with E-state index in [1.165, 1.54) is 0 Å². The number of fused-ring (bicyclic) bond motifs is 1. The maximum absolute atomic E-state index is 12.6. The normalized spacial score (nSPS) is 13.0. The summed E-state index contributed by atoms with van der Waals surface area (Å²) in [6.45, 7) is 1.40. The lowest BCUT2D eigenvalue weighted by Crippen LogP contribution is -2.19. The quantitative estimate of drug-likeness (QED) is 0.722. The Balaban J connectivity index is 1.41. The Bertz CT molecular complexity index is 918. The standard InChI is InChI=1S/C22H23N3O2/c26-22(24-21-15-23-20-12-6-7-13-25(20)21)14-18-10-4-5-11-19(18)27-16-17-8-2-1-3-9-17/h1-5,8-11,15H,6-7,12-14,16H2,(H,24,26). The summed E-state index contributed by atoms with van der Waals surface area (Å²) in [7, 11) is 0. The molecule has 5 heteroatoms. The number of ether oxygens (including phenoxy) is 1. The van der Waals surface area contributed by atoms with Crippen LogP contribution < -0.4 is 10.1 Å². The molecular weight excluding hydrogens is 338 g/mol. The SMILES string of the molecule is O=C(Cc1ccccc1OCc1ccccc1)Nc1cnc2n1CCCC2. The number of amides is 1. The van der Waals surface area contributed by atoms with Crippen LogP contribution in [-0.2, 0) is 30.8 Å². The van der Waals surface area contributed by atoms with Crippen LogP contribution in [0.2, 0.25) is 0 Å². The Kier molecular flexibility index (Phi) is 5.19. The molecule has 1 aliphatic rings. The molecule has 4 rings (SSSR count). The molecule has 1 N–H and O–H groups in total. The molecule has 0 aliphatic carbocycles. The van der Waals surface area contributed by atoms with Crippen molar-refractivity contribution in [2.24, 2.45) is 0 Å². The zero-order valence-corrected chi connectivity index (χ0v) is 15.2. The number of nitrogens with zero attached hydrogens (tertiary/aromatic N) is 2. The fourth-order valence-electron chi connectivity index (χ4n) is 3.40. The Morgan fingerprint density at radius 2 is 1.89 bits per heavy atom. The van der Waals surface area contributed by atoms with Crippen LogP contribution in [0.1, 0.15) is 29.8 Å². The van der Waals surface area contributed by atoms with Crippen molar-refractivity contribution in [1.29, 1.82) is 0 Å². The molecule has 1 aliphatic heterocycles. The molecule has 0 unspecified atom stereocenters. The van der Waals surface area contributed by atoms with Gasteiger partial charge in [0.15, 0.2) is 0 Å². The number of anilines is 1. The minimum absolute atomic E-state index is 0.0564. The number of carbonyl (C=O) groups is 1. The van der Waals surface area contributed by atoms with Gasteiger partial charge in [-0.25, -0.2) is 4.98 Å². The molecule has 1 amide bonds. The maximum atomic E-state index is 12.6. The monoisotopic (exact) mass is 361 g/mol. The molecule has 138 valence electrons. The van der Waals surface area contributed by atoms with Gasteiger partial charge >= 0.3 is 0 Å². The first-order valence-electron chi connectivity index (χ1n) is 9.38. The summed E-state index contributed by atoms with van der Waals surface area (Å²) in [5.74, 6) is 2.53. The lowest BCUT2D eigenvalue weighted by molar-refractivity contribution is -0.115. The number of hydrogen-bond acceptors (Lipinski definition) is 3. The molecule has 0 saturated carbocycles. The number of benzene rings is 2. The van der Waals surface area contributed by atoms with Crippen LogP contribution in [0.25, 0.3) is 0 Å². The number of hydrogen-bond donors (Lipinski definition) is 1. The highest BCUT2D eigenvalue weighted by Crippen LogP contribution is 2.22. The minimum atomic E-state index is -0.0564. The largest absolute Gasteiger partial charge is 0.489 e. The number of nitrogens with one attached hydrogen (secondary N) is 1. The lowest BCUT2D eigenvalue weighted by atomic mass is 10.1. The Hall–Kier alpha value is -3.08. The van der Waals surface area contributed by atoms with Gasteiger partial charge in [0.25, 0.3) is 0 Å². The molecule has 0 atom stereocenters. The molecule has 2 heterocycles. The Morgan fingerprint density at radius 1 is 1.07 bits per heavy atom. The Morgan fingerprint density at radius 3 is 2.78 bits per heavy atom. The van der Waals surface area contributed by atoms with Gasteiger partial charge in [-0.2, -0.15) is 0 Å². The van der Waals surface area contributed by atoms with Gasteiger partial charge in [0.05, 0.1) is 12.6 Å². The van der Waals surface area contributed by atoms with Gasteiger partial charge in [0, 0.05) is 18.5 Å². The van der Waals surface area contributed by atoms with Gasteiger partial charge in [0.2, 0.25) is 5.91 Å². The average Bonchev–Trinajstić information content (AvgIpc) is 3.11. The van der Waals surface area contributed by atoms with E-state index in [1.807, 2.05) is 54.6 Å². The highest BCUT2D eigenvalue weighted by molar-refractivity contribution is 5.91. The van der Waals surface area contributed by atoms with E-state index in [0.29, 0.717) is 6.61 Å². The minimum Gasteiger partial charge on any atom is -0.489 e. The summed E-state index contributed by atoms with van der Waals surface area (Å²) in [4.78, 5) is 17.0. The molecule has 2 aromatic carbocycles. The van der Waals surface area contributed by atoms with Crippen molar-refractivity contribution in [1.82, 2.24) is 9.55 Å². The maximum Gasteiger partial charge on any atom is 0.230 e. The average molecular weight is 361 g/mol. The molecule has 3 aromatic rings. The second-order valence-corrected chi connectivity index (χ2v) is 6.78. The molecule has 0 saturated heterocycles. The van der Waals surface area contributed by atoms with E-state index in [4.69, 9.17) is 4.74 Å². The molecule has 0 fully saturated rings. The summed E-state index contributed by atoms with van der Waals surface area (Å²) < 4.78 is 8.06. The molecule has 0 radical (unpaired) electrons. The molecule has 0 bridgehead atoms.